The summed E-state index contributed by atoms with van der Waals surface area (Å²) in [6.07, 6.45) is 2.35. The zero-order valence-electron chi connectivity index (χ0n) is 11.0. The van der Waals surface area contributed by atoms with Crippen LogP contribution in [0.15, 0.2) is 16.6 Å². The lowest BCUT2D eigenvalue weighted by atomic mass is 9.70. The molecule has 1 aliphatic heterocycles. The van der Waals surface area contributed by atoms with Crippen molar-refractivity contribution in [3.05, 3.63) is 27.7 Å². The Bertz CT molecular complexity index is 513. The fourth-order valence-electron chi connectivity index (χ4n) is 3.61. The predicted octanol–water partition coefficient (Wildman–Crippen LogP) is 4.97. The lowest BCUT2D eigenvalue weighted by Gasteiger charge is -2.45. The van der Waals surface area contributed by atoms with Crippen molar-refractivity contribution in [2.45, 2.75) is 44.6 Å². The molecule has 1 saturated carbocycles. The van der Waals surface area contributed by atoms with Gasteiger partial charge in [-0.25, -0.2) is 0 Å². The molecule has 0 aromatic heterocycles. The van der Waals surface area contributed by atoms with Crippen molar-refractivity contribution in [2.75, 3.05) is 5.33 Å². The van der Waals surface area contributed by atoms with Crippen LogP contribution in [0.2, 0.25) is 0 Å². The molecule has 0 N–H and O–H groups in total. The lowest BCUT2D eigenvalue weighted by Crippen LogP contribution is -2.49. The van der Waals surface area contributed by atoms with Gasteiger partial charge in [0, 0.05) is 26.7 Å². The third-order valence-electron chi connectivity index (χ3n) is 5.23. The molecular weight excluding hydrogens is 356 g/mol. The molecule has 1 nitrogen and oxygen atoms in total. The molecule has 18 heavy (non-hydrogen) atoms. The monoisotopic (exact) mass is 372 g/mol. The summed E-state index contributed by atoms with van der Waals surface area (Å²) >= 11 is 7.32. The first-order chi connectivity index (χ1) is 8.43. The zero-order chi connectivity index (χ0) is 13.1. The van der Waals surface area contributed by atoms with Crippen molar-refractivity contribution >= 4 is 31.9 Å². The van der Waals surface area contributed by atoms with Gasteiger partial charge in [0.05, 0.1) is 0 Å². The summed E-state index contributed by atoms with van der Waals surface area (Å²) in [7, 11) is 0. The van der Waals surface area contributed by atoms with Crippen LogP contribution in [-0.4, -0.2) is 10.9 Å². The molecule has 0 saturated heterocycles. The quantitative estimate of drug-likeness (QED) is 0.631. The van der Waals surface area contributed by atoms with E-state index in [-0.39, 0.29) is 11.0 Å². The molecule has 3 heteroatoms. The summed E-state index contributed by atoms with van der Waals surface area (Å²) in [5.74, 6) is 1.64. The van der Waals surface area contributed by atoms with Gasteiger partial charge in [-0.15, -0.1) is 0 Å². The standard InChI is InChI=1S/C15H18Br2O/c1-9-6-13-11(7-12(9)17)14(3)4-5-15(8-16,18-13)10(14)2/h6-7,10H,4-5,8H2,1-3H3/t10-,14-,15-/m1/s1. The van der Waals surface area contributed by atoms with E-state index in [1.807, 2.05) is 0 Å². The van der Waals surface area contributed by atoms with Gasteiger partial charge in [0.2, 0.25) is 0 Å². The van der Waals surface area contributed by atoms with Crippen LogP contribution in [-0.2, 0) is 5.41 Å². The third kappa shape index (κ3) is 1.49. The van der Waals surface area contributed by atoms with Gasteiger partial charge in [-0.2, -0.15) is 0 Å². The minimum Gasteiger partial charge on any atom is -0.486 e. The third-order valence-corrected chi connectivity index (χ3v) is 7.03. The molecule has 2 bridgehead atoms. The lowest BCUT2D eigenvalue weighted by molar-refractivity contribution is 0.0271. The van der Waals surface area contributed by atoms with Crippen molar-refractivity contribution < 1.29 is 4.74 Å². The van der Waals surface area contributed by atoms with E-state index in [0.29, 0.717) is 5.92 Å². The predicted molar refractivity (Wildman–Crippen MR) is 81.8 cm³/mol. The van der Waals surface area contributed by atoms with Crippen molar-refractivity contribution in [1.29, 1.82) is 0 Å². The maximum absolute atomic E-state index is 6.41. The number of hydrogen-bond donors (Lipinski definition) is 0. The minimum absolute atomic E-state index is 0.0119. The molecule has 0 spiro atoms. The average Bonchev–Trinajstić information content (AvgIpc) is 2.52. The number of hydrogen-bond acceptors (Lipinski definition) is 1. The molecule has 2 aliphatic rings. The molecular formula is C15H18Br2O. The van der Waals surface area contributed by atoms with Gasteiger partial charge >= 0.3 is 0 Å². The highest BCUT2D eigenvalue weighted by Crippen LogP contribution is 2.59. The van der Waals surface area contributed by atoms with Crippen LogP contribution in [0.4, 0.5) is 0 Å². The van der Waals surface area contributed by atoms with Gasteiger partial charge in [0.15, 0.2) is 0 Å². The molecule has 1 aromatic carbocycles. The summed E-state index contributed by atoms with van der Waals surface area (Å²) < 4.78 is 7.60. The first-order valence-corrected chi connectivity index (χ1v) is 8.40. The number of rotatable bonds is 1. The van der Waals surface area contributed by atoms with E-state index in [9.17, 15) is 0 Å². The van der Waals surface area contributed by atoms with Gasteiger partial charge in [-0.1, -0.05) is 45.7 Å². The van der Waals surface area contributed by atoms with E-state index in [2.05, 4.69) is 64.8 Å². The highest BCUT2D eigenvalue weighted by molar-refractivity contribution is 9.10. The van der Waals surface area contributed by atoms with E-state index in [0.717, 1.165) is 17.5 Å². The first kappa shape index (κ1) is 13.0. The molecule has 0 radical (unpaired) electrons. The van der Waals surface area contributed by atoms with Crippen LogP contribution < -0.4 is 4.74 Å². The second-order valence-electron chi connectivity index (χ2n) is 6.04. The van der Waals surface area contributed by atoms with Crippen LogP contribution in [0, 0.1) is 12.8 Å². The minimum atomic E-state index is -0.0119. The Morgan fingerprint density at radius 1 is 1.39 bits per heavy atom. The smallest absolute Gasteiger partial charge is 0.124 e. The number of ether oxygens (including phenoxy) is 1. The van der Waals surface area contributed by atoms with Crippen LogP contribution in [0.5, 0.6) is 5.75 Å². The Labute approximate surface area is 126 Å². The molecule has 3 rings (SSSR count). The first-order valence-electron chi connectivity index (χ1n) is 6.48. The molecule has 1 aromatic rings. The Morgan fingerprint density at radius 3 is 2.78 bits per heavy atom. The molecule has 1 aliphatic carbocycles. The molecule has 3 atom stereocenters. The fourth-order valence-corrected chi connectivity index (χ4v) is 4.83. The number of alkyl halides is 1. The largest absolute Gasteiger partial charge is 0.486 e. The van der Waals surface area contributed by atoms with Gasteiger partial charge in [-0.05, 0) is 37.5 Å². The van der Waals surface area contributed by atoms with Crippen LogP contribution in [0.3, 0.4) is 0 Å². The van der Waals surface area contributed by atoms with E-state index in [1.54, 1.807) is 0 Å². The van der Waals surface area contributed by atoms with E-state index in [1.165, 1.54) is 22.0 Å². The Kier molecular flexibility index (Phi) is 2.88. The van der Waals surface area contributed by atoms with Crippen molar-refractivity contribution in [2.24, 2.45) is 5.92 Å². The maximum Gasteiger partial charge on any atom is 0.124 e. The summed E-state index contributed by atoms with van der Waals surface area (Å²) in [4.78, 5) is 0. The van der Waals surface area contributed by atoms with Crippen molar-refractivity contribution in [3.8, 4) is 5.75 Å². The van der Waals surface area contributed by atoms with Crippen molar-refractivity contribution in [3.63, 3.8) is 0 Å². The molecule has 0 amide bonds. The van der Waals surface area contributed by atoms with E-state index in [4.69, 9.17) is 4.74 Å². The summed E-state index contributed by atoms with van der Waals surface area (Å²) in [5.41, 5.74) is 2.86. The second kappa shape index (κ2) is 3.99. The highest BCUT2D eigenvalue weighted by atomic mass is 79.9. The van der Waals surface area contributed by atoms with E-state index >= 15 is 0 Å². The Morgan fingerprint density at radius 2 is 2.11 bits per heavy atom. The molecule has 1 fully saturated rings. The number of benzene rings is 1. The number of halogens is 2. The molecule has 98 valence electrons. The van der Waals surface area contributed by atoms with Gasteiger partial charge in [0.25, 0.3) is 0 Å². The van der Waals surface area contributed by atoms with Gasteiger partial charge in [0.1, 0.15) is 11.4 Å². The average molecular weight is 374 g/mol. The fraction of sp³-hybridized carbons (Fsp3) is 0.600. The Balaban J connectivity index is 2.22. The van der Waals surface area contributed by atoms with Crippen molar-refractivity contribution in [1.82, 2.24) is 0 Å². The Hall–Kier alpha value is -0.0200. The molecule has 1 heterocycles. The summed E-state index contributed by atoms with van der Waals surface area (Å²) in [6.45, 7) is 6.85. The van der Waals surface area contributed by atoms with Gasteiger partial charge in [-0.3, -0.25) is 0 Å². The SMILES string of the molecule is Cc1cc2c(cc1Br)[C@]1(C)CC[C@](CBr)(O2)[C@@H]1C. The number of aryl methyl sites for hydroxylation is 1. The summed E-state index contributed by atoms with van der Waals surface area (Å²) in [5, 5.41) is 0.922. The van der Waals surface area contributed by atoms with Crippen LogP contribution >= 0.6 is 31.9 Å². The normalized spacial score (nSPS) is 37.3. The topological polar surface area (TPSA) is 9.23 Å². The zero-order valence-corrected chi connectivity index (χ0v) is 14.2. The van der Waals surface area contributed by atoms with Crippen LogP contribution in [0.25, 0.3) is 0 Å². The number of fused-ring (bicyclic) bond motifs is 4. The van der Waals surface area contributed by atoms with Crippen LogP contribution in [0.1, 0.15) is 37.8 Å². The highest BCUT2D eigenvalue weighted by Gasteiger charge is 2.58. The van der Waals surface area contributed by atoms with E-state index < -0.39 is 0 Å². The second-order valence-corrected chi connectivity index (χ2v) is 7.45. The van der Waals surface area contributed by atoms with Gasteiger partial charge < -0.3 is 4.74 Å². The summed E-state index contributed by atoms with van der Waals surface area (Å²) in [6, 6.07) is 4.46. The maximum atomic E-state index is 6.41. The molecule has 0 unspecified atom stereocenters.